The van der Waals surface area contributed by atoms with Crippen molar-refractivity contribution in [1.29, 1.82) is 0 Å². The summed E-state index contributed by atoms with van der Waals surface area (Å²) in [6.45, 7) is 5.15. The van der Waals surface area contributed by atoms with Crippen molar-refractivity contribution in [2.75, 3.05) is 13.6 Å². The van der Waals surface area contributed by atoms with Gasteiger partial charge in [0.1, 0.15) is 0 Å². The van der Waals surface area contributed by atoms with E-state index in [4.69, 9.17) is 5.73 Å². The van der Waals surface area contributed by atoms with Crippen molar-refractivity contribution in [3.05, 3.63) is 70.0 Å². The third-order valence-electron chi connectivity index (χ3n) is 10.1. The highest BCUT2D eigenvalue weighted by molar-refractivity contribution is 5.89. The molecule has 2 aliphatic rings. The predicted molar refractivity (Wildman–Crippen MR) is 175 cm³/mol. The standard InChI is InChI=1S/C37H52N4/c1-3-22-40-26-30(37-33-14-10-6-8-12-28(33)16-18-35(37)40)24-31(39-2)20-23-41-25-29(19-21-38)36-32-13-9-5-4-7-11-27(32)15-17-34(36)41/h15-18,25-26,31,39H,3-14,19-24,38H2,1-2H3. The summed E-state index contributed by atoms with van der Waals surface area (Å²) in [7, 11) is 2.16. The Labute approximate surface area is 247 Å². The molecule has 220 valence electrons. The van der Waals surface area contributed by atoms with Crippen LogP contribution < -0.4 is 11.1 Å². The van der Waals surface area contributed by atoms with E-state index in [9.17, 15) is 0 Å². The molecule has 0 aliphatic heterocycles. The quantitative estimate of drug-likeness (QED) is 0.198. The largest absolute Gasteiger partial charge is 0.347 e. The van der Waals surface area contributed by atoms with Gasteiger partial charge in [0.2, 0.25) is 0 Å². The zero-order valence-electron chi connectivity index (χ0n) is 25.7. The molecule has 4 aromatic rings. The topological polar surface area (TPSA) is 47.9 Å². The maximum atomic E-state index is 6.13. The number of aromatic nitrogens is 2. The highest BCUT2D eigenvalue weighted by Gasteiger charge is 2.21. The molecule has 2 aromatic carbocycles. The normalized spacial score (nSPS) is 16.8. The fourth-order valence-corrected chi connectivity index (χ4v) is 8.02. The lowest BCUT2D eigenvalue weighted by Crippen LogP contribution is -2.29. The number of fused-ring (bicyclic) bond motifs is 6. The minimum Gasteiger partial charge on any atom is -0.347 e. The number of aryl methyl sites for hydroxylation is 6. The van der Waals surface area contributed by atoms with E-state index in [1.54, 1.807) is 33.2 Å². The lowest BCUT2D eigenvalue weighted by molar-refractivity contribution is 0.482. The second-order valence-electron chi connectivity index (χ2n) is 12.9. The van der Waals surface area contributed by atoms with Gasteiger partial charge in [-0.3, -0.25) is 0 Å². The molecule has 0 bridgehead atoms. The lowest BCUT2D eigenvalue weighted by atomic mass is 9.89. The molecule has 41 heavy (non-hydrogen) atoms. The van der Waals surface area contributed by atoms with Crippen LogP contribution in [0.1, 0.15) is 98.1 Å². The molecule has 2 aromatic heterocycles. The summed E-state index contributed by atoms with van der Waals surface area (Å²) in [5, 5.41) is 6.83. The first-order valence-corrected chi connectivity index (χ1v) is 16.8. The van der Waals surface area contributed by atoms with E-state index < -0.39 is 0 Å². The van der Waals surface area contributed by atoms with Gasteiger partial charge in [-0.2, -0.15) is 0 Å². The van der Waals surface area contributed by atoms with Crippen molar-refractivity contribution in [2.45, 2.75) is 122 Å². The van der Waals surface area contributed by atoms with Crippen LogP contribution in [0.15, 0.2) is 36.7 Å². The van der Waals surface area contributed by atoms with Crippen molar-refractivity contribution in [1.82, 2.24) is 14.5 Å². The van der Waals surface area contributed by atoms with E-state index in [0.717, 1.165) is 32.4 Å². The van der Waals surface area contributed by atoms with Gasteiger partial charge < -0.3 is 20.2 Å². The fraction of sp³-hybridized carbons (Fsp3) is 0.568. The average Bonchev–Trinajstić information content (AvgIpc) is 3.38. The molecular formula is C37H52N4. The summed E-state index contributed by atoms with van der Waals surface area (Å²) >= 11 is 0. The van der Waals surface area contributed by atoms with Crippen molar-refractivity contribution in [3.8, 4) is 0 Å². The van der Waals surface area contributed by atoms with Crippen molar-refractivity contribution >= 4 is 21.8 Å². The summed E-state index contributed by atoms with van der Waals surface area (Å²) in [6, 6.07) is 10.2. The molecule has 2 aliphatic carbocycles. The molecule has 6 rings (SSSR count). The van der Waals surface area contributed by atoms with Crippen LogP contribution in [0.4, 0.5) is 0 Å². The third kappa shape index (κ3) is 5.88. The number of benzene rings is 2. The van der Waals surface area contributed by atoms with Crippen molar-refractivity contribution in [2.24, 2.45) is 5.73 Å². The SMILES string of the molecule is CCCn1cc(CC(CCn2cc(CCN)c3c4c(ccc32)CCCCCC4)NC)c2c3c(ccc21)CCCCC3. The number of likely N-dealkylation sites (N-methyl/N-ethyl adjacent to an activating group) is 1. The smallest absolute Gasteiger partial charge is 0.0486 e. The molecular weight excluding hydrogens is 500 g/mol. The van der Waals surface area contributed by atoms with E-state index in [2.05, 4.69) is 65.1 Å². The zero-order valence-corrected chi connectivity index (χ0v) is 25.7. The first-order chi connectivity index (χ1) is 20.2. The van der Waals surface area contributed by atoms with Gasteiger partial charge in [0.15, 0.2) is 0 Å². The van der Waals surface area contributed by atoms with Crippen LogP contribution in [0, 0.1) is 0 Å². The summed E-state index contributed by atoms with van der Waals surface area (Å²) in [6.07, 6.45) is 23.6. The summed E-state index contributed by atoms with van der Waals surface area (Å²) in [5.74, 6) is 0. The monoisotopic (exact) mass is 552 g/mol. The number of nitrogens with zero attached hydrogens (tertiary/aromatic N) is 2. The molecule has 3 N–H and O–H groups in total. The minimum atomic E-state index is 0.442. The lowest BCUT2D eigenvalue weighted by Gasteiger charge is -2.19. The van der Waals surface area contributed by atoms with Crippen LogP contribution in [0.3, 0.4) is 0 Å². The highest BCUT2D eigenvalue weighted by atomic mass is 15.0. The van der Waals surface area contributed by atoms with Gasteiger partial charge in [-0.1, -0.05) is 38.3 Å². The van der Waals surface area contributed by atoms with Gasteiger partial charge in [0, 0.05) is 53.3 Å². The van der Waals surface area contributed by atoms with Gasteiger partial charge in [-0.05, 0) is 136 Å². The predicted octanol–water partition coefficient (Wildman–Crippen LogP) is 7.66. The van der Waals surface area contributed by atoms with Crippen LogP contribution in [-0.4, -0.2) is 28.8 Å². The third-order valence-corrected chi connectivity index (χ3v) is 10.1. The number of rotatable bonds is 10. The molecule has 1 atom stereocenters. The molecule has 0 radical (unpaired) electrons. The van der Waals surface area contributed by atoms with Crippen LogP contribution in [0.25, 0.3) is 21.8 Å². The molecule has 0 fully saturated rings. The Morgan fingerprint density at radius 2 is 1.29 bits per heavy atom. The van der Waals surface area contributed by atoms with Crippen LogP contribution in [0.2, 0.25) is 0 Å². The molecule has 2 heterocycles. The second kappa shape index (κ2) is 13.2. The number of hydrogen-bond donors (Lipinski definition) is 2. The van der Waals surface area contributed by atoms with E-state index in [-0.39, 0.29) is 0 Å². The van der Waals surface area contributed by atoms with Crippen molar-refractivity contribution in [3.63, 3.8) is 0 Å². The van der Waals surface area contributed by atoms with Crippen LogP contribution >= 0.6 is 0 Å². The second-order valence-corrected chi connectivity index (χ2v) is 12.9. The summed E-state index contributed by atoms with van der Waals surface area (Å²) in [5.41, 5.74) is 18.5. The summed E-state index contributed by atoms with van der Waals surface area (Å²) < 4.78 is 5.09. The number of hydrogen-bond acceptors (Lipinski definition) is 2. The molecule has 1 unspecified atom stereocenters. The number of nitrogens with two attached hydrogens (primary N) is 1. The van der Waals surface area contributed by atoms with Crippen molar-refractivity contribution < 1.29 is 0 Å². The summed E-state index contributed by atoms with van der Waals surface area (Å²) in [4.78, 5) is 0. The minimum absolute atomic E-state index is 0.442. The van der Waals surface area contributed by atoms with Gasteiger partial charge in [0.05, 0.1) is 0 Å². The Bertz CT molecular complexity index is 1470. The van der Waals surface area contributed by atoms with Gasteiger partial charge in [0.25, 0.3) is 0 Å². The van der Waals surface area contributed by atoms with E-state index in [1.165, 1.54) is 99.0 Å². The molecule has 0 spiro atoms. The molecule has 0 saturated heterocycles. The Morgan fingerprint density at radius 1 is 0.732 bits per heavy atom. The van der Waals surface area contributed by atoms with Crippen LogP contribution in [-0.2, 0) is 51.6 Å². The zero-order chi connectivity index (χ0) is 28.2. The van der Waals surface area contributed by atoms with E-state index in [0.29, 0.717) is 12.6 Å². The Morgan fingerprint density at radius 3 is 1.90 bits per heavy atom. The Kier molecular flexibility index (Phi) is 9.17. The molecule has 0 saturated carbocycles. The molecule has 4 nitrogen and oxygen atoms in total. The van der Waals surface area contributed by atoms with E-state index in [1.807, 2.05) is 0 Å². The van der Waals surface area contributed by atoms with E-state index >= 15 is 0 Å². The highest BCUT2D eigenvalue weighted by Crippen LogP contribution is 2.35. The molecule has 4 heteroatoms. The molecule has 0 amide bonds. The maximum Gasteiger partial charge on any atom is 0.0486 e. The van der Waals surface area contributed by atoms with Gasteiger partial charge in [-0.15, -0.1) is 0 Å². The number of nitrogens with one attached hydrogen (secondary N) is 1. The Balaban J connectivity index is 1.29. The first-order valence-electron chi connectivity index (χ1n) is 16.8. The Hall–Kier alpha value is -2.56. The van der Waals surface area contributed by atoms with Gasteiger partial charge >= 0.3 is 0 Å². The van der Waals surface area contributed by atoms with Gasteiger partial charge in [-0.25, -0.2) is 0 Å². The first kappa shape index (κ1) is 28.6. The maximum absolute atomic E-state index is 6.13. The van der Waals surface area contributed by atoms with Crippen LogP contribution in [0.5, 0.6) is 0 Å². The average molecular weight is 553 g/mol. The fourth-order valence-electron chi connectivity index (χ4n) is 8.02.